The summed E-state index contributed by atoms with van der Waals surface area (Å²) in [5.74, 6) is 6.65. The lowest BCUT2D eigenvalue weighted by molar-refractivity contribution is -0.121. The first-order valence-electron chi connectivity index (χ1n) is 6.45. The molecule has 0 spiro atoms. The highest BCUT2D eigenvalue weighted by Gasteiger charge is 2.05. The normalized spacial score (nSPS) is 11.1. The minimum atomic E-state index is 0.120. The van der Waals surface area contributed by atoms with Crippen molar-refractivity contribution in [3.8, 4) is 11.8 Å². The summed E-state index contributed by atoms with van der Waals surface area (Å²) < 4.78 is 0. The van der Waals surface area contributed by atoms with Crippen molar-refractivity contribution in [2.45, 2.75) is 40.5 Å². The molecule has 0 saturated carbocycles. The van der Waals surface area contributed by atoms with Crippen molar-refractivity contribution in [3.05, 3.63) is 11.8 Å². The van der Waals surface area contributed by atoms with Gasteiger partial charge in [0.2, 0.25) is 0 Å². The van der Waals surface area contributed by atoms with E-state index in [0.29, 0.717) is 23.7 Å². The van der Waals surface area contributed by atoms with E-state index in [1.165, 1.54) is 6.21 Å². The lowest BCUT2D eigenvalue weighted by Gasteiger charge is -2.04. The van der Waals surface area contributed by atoms with Crippen molar-refractivity contribution in [2.75, 3.05) is 6.54 Å². The topological polar surface area (TPSA) is 53.0 Å². The highest BCUT2D eigenvalue weighted by atomic mass is 16.1. The number of Topliss-reactive ketones (excluding diaryl/α,β-unsaturated/α-hetero) is 1. The quantitative estimate of drug-likeness (QED) is 0.413. The van der Waals surface area contributed by atoms with E-state index < -0.39 is 0 Å². The number of carbonyl (C=O) groups is 1. The molecule has 100 valence electrons. The second kappa shape index (κ2) is 9.47. The first-order chi connectivity index (χ1) is 8.47. The Morgan fingerprint density at radius 1 is 1.33 bits per heavy atom. The second-order valence-corrected chi connectivity index (χ2v) is 4.85. The van der Waals surface area contributed by atoms with Gasteiger partial charge in [0, 0.05) is 37.2 Å². The summed E-state index contributed by atoms with van der Waals surface area (Å²) in [6.45, 7) is 8.60. The average Bonchev–Trinajstić information content (AvgIpc) is 2.31. The molecule has 3 nitrogen and oxygen atoms in total. The van der Waals surface area contributed by atoms with Crippen LogP contribution in [0.5, 0.6) is 0 Å². The molecule has 0 aromatic carbocycles. The number of hydrogen-bond donors (Lipinski definition) is 2. The number of carbonyl (C=O) groups excluding carboxylic acids is 1. The predicted molar refractivity (Wildman–Crippen MR) is 76.6 cm³/mol. The van der Waals surface area contributed by atoms with Crippen molar-refractivity contribution in [3.63, 3.8) is 0 Å². The predicted octanol–water partition coefficient (Wildman–Crippen LogP) is 2.77. The van der Waals surface area contributed by atoms with Gasteiger partial charge in [-0.15, -0.1) is 0 Å². The smallest absolute Gasteiger partial charge is 0.135 e. The third kappa shape index (κ3) is 8.58. The van der Waals surface area contributed by atoms with Crippen molar-refractivity contribution < 1.29 is 4.79 Å². The molecular formula is C15H24N2O. The Balaban J connectivity index is 3.97. The van der Waals surface area contributed by atoms with Gasteiger partial charge in [-0.25, -0.2) is 0 Å². The molecule has 2 N–H and O–H groups in total. The summed E-state index contributed by atoms with van der Waals surface area (Å²) in [4.78, 5) is 11.4. The Labute approximate surface area is 111 Å². The van der Waals surface area contributed by atoms with Gasteiger partial charge in [-0.3, -0.25) is 4.79 Å². The van der Waals surface area contributed by atoms with Gasteiger partial charge in [-0.1, -0.05) is 39.5 Å². The molecular weight excluding hydrogens is 224 g/mol. The summed E-state index contributed by atoms with van der Waals surface area (Å²) in [6, 6.07) is 0. The molecule has 0 aromatic rings. The summed E-state index contributed by atoms with van der Waals surface area (Å²) in [6.07, 6.45) is 4.40. The molecule has 0 amide bonds. The standard InChI is InChI=1S/C15H24N2O/c1-12(2)7-8-14(10-16)11-17-9-5-6-15(18)13(3)4/h10-13,16-17H,5-6,9H2,1-4H3/b14-11-,16-10?. The monoisotopic (exact) mass is 248 g/mol. The molecule has 0 aliphatic carbocycles. The molecule has 0 unspecified atom stereocenters. The second-order valence-electron chi connectivity index (χ2n) is 4.85. The molecule has 0 atom stereocenters. The lowest BCUT2D eigenvalue weighted by Crippen LogP contribution is -2.13. The van der Waals surface area contributed by atoms with E-state index in [1.54, 1.807) is 6.20 Å². The molecule has 0 aromatic heterocycles. The van der Waals surface area contributed by atoms with Gasteiger partial charge < -0.3 is 10.7 Å². The third-order valence-corrected chi connectivity index (χ3v) is 2.31. The fourth-order valence-corrected chi connectivity index (χ4v) is 1.18. The van der Waals surface area contributed by atoms with Crippen LogP contribution in [0.3, 0.4) is 0 Å². The third-order valence-electron chi connectivity index (χ3n) is 2.31. The summed E-state index contributed by atoms with van der Waals surface area (Å²) >= 11 is 0. The number of nitrogens with one attached hydrogen (secondary N) is 2. The van der Waals surface area contributed by atoms with Crippen LogP contribution in [0.1, 0.15) is 40.5 Å². The van der Waals surface area contributed by atoms with Crippen LogP contribution in [-0.4, -0.2) is 18.5 Å². The van der Waals surface area contributed by atoms with E-state index in [1.807, 2.05) is 27.7 Å². The van der Waals surface area contributed by atoms with Gasteiger partial charge >= 0.3 is 0 Å². The fourth-order valence-electron chi connectivity index (χ4n) is 1.18. The van der Waals surface area contributed by atoms with Crippen molar-refractivity contribution in [1.82, 2.24) is 5.32 Å². The van der Waals surface area contributed by atoms with Gasteiger partial charge in [0.15, 0.2) is 0 Å². The van der Waals surface area contributed by atoms with Crippen LogP contribution >= 0.6 is 0 Å². The van der Waals surface area contributed by atoms with Crippen LogP contribution in [0.15, 0.2) is 11.8 Å². The number of rotatable bonds is 7. The Kier molecular flexibility index (Phi) is 8.65. The minimum Gasteiger partial charge on any atom is -0.390 e. The van der Waals surface area contributed by atoms with E-state index in [4.69, 9.17) is 5.41 Å². The number of ketones is 1. The molecule has 0 rings (SSSR count). The van der Waals surface area contributed by atoms with Gasteiger partial charge in [0.05, 0.1) is 5.57 Å². The average molecular weight is 248 g/mol. The highest BCUT2D eigenvalue weighted by Crippen LogP contribution is 2.00. The molecule has 0 bridgehead atoms. The van der Waals surface area contributed by atoms with E-state index in [2.05, 4.69) is 17.2 Å². The lowest BCUT2D eigenvalue weighted by atomic mass is 10.1. The van der Waals surface area contributed by atoms with Crippen LogP contribution in [0.2, 0.25) is 0 Å². The first-order valence-corrected chi connectivity index (χ1v) is 6.45. The van der Waals surface area contributed by atoms with E-state index in [-0.39, 0.29) is 5.92 Å². The van der Waals surface area contributed by atoms with Crippen molar-refractivity contribution >= 4 is 12.0 Å². The molecule has 3 heteroatoms. The van der Waals surface area contributed by atoms with E-state index in [0.717, 1.165) is 13.0 Å². The van der Waals surface area contributed by atoms with Gasteiger partial charge in [0.1, 0.15) is 5.78 Å². The maximum absolute atomic E-state index is 11.4. The van der Waals surface area contributed by atoms with Crippen LogP contribution in [-0.2, 0) is 4.79 Å². The molecule has 0 heterocycles. The van der Waals surface area contributed by atoms with Crippen molar-refractivity contribution in [1.29, 1.82) is 5.41 Å². The van der Waals surface area contributed by atoms with Crippen LogP contribution in [0, 0.1) is 29.1 Å². The van der Waals surface area contributed by atoms with E-state index >= 15 is 0 Å². The first kappa shape index (κ1) is 16.4. The highest BCUT2D eigenvalue weighted by molar-refractivity contribution is 5.82. The van der Waals surface area contributed by atoms with Gasteiger partial charge in [-0.2, -0.15) is 0 Å². The summed E-state index contributed by atoms with van der Waals surface area (Å²) in [7, 11) is 0. The van der Waals surface area contributed by atoms with Gasteiger partial charge in [0.25, 0.3) is 0 Å². The number of allylic oxidation sites excluding steroid dienone is 1. The largest absolute Gasteiger partial charge is 0.390 e. The molecule has 0 radical (unpaired) electrons. The molecule has 0 aliphatic rings. The molecule has 0 saturated heterocycles. The summed E-state index contributed by atoms with van der Waals surface area (Å²) in [5, 5.41) is 10.3. The Morgan fingerprint density at radius 2 is 2.00 bits per heavy atom. The maximum atomic E-state index is 11.4. The summed E-state index contributed by atoms with van der Waals surface area (Å²) in [5.41, 5.74) is 0.666. The Hall–Kier alpha value is -1.56. The zero-order valence-corrected chi connectivity index (χ0v) is 11.8. The van der Waals surface area contributed by atoms with Gasteiger partial charge in [-0.05, 0) is 6.42 Å². The Bertz CT molecular complexity index is 356. The number of hydrogen-bond acceptors (Lipinski definition) is 3. The zero-order valence-electron chi connectivity index (χ0n) is 11.8. The Morgan fingerprint density at radius 3 is 2.50 bits per heavy atom. The van der Waals surface area contributed by atoms with Crippen LogP contribution in [0.25, 0.3) is 0 Å². The fraction of sp³-hybridized carbons (Fsp3) is 0.600. The van der Waals surface area contributed by atoms with Crippen LogP contribution < -0.4 is 5.32 Å². The minimum absolute atomic E-state index is 0.120. The zero-order chi connectivity index (χ0) is 14.0. The molecule has 18 heavy (non-hydrogen) atoms. The maximum Gasteiger partial charge on any atom is 0.135 e. The van der Waals surface area contributed by atoms with Crippen molar-refractivity contribution in [2.24, 2.45) is 11.8 Å². The van der Waals surface area contributed by atoms with E-state index in [9.17, 15) is 4.79 Å². The molecule has 0 aliphatic heterocycles. The van der Waals surface area contributed by atoms with Crippen LogP contribution in [0.4, 0.5) is 0 Å². The molecule has 0 fully saturated rings. The SMILES string of the molecule is CC(C)C#C/C(C=N)=C/NCCCC(=O)C(C)C.